The van der Waals surface area contributed by atoms with Gasteiger partial charge in [0.15, 0.2) is 12.0 Å². The lowest BCUT2D eigenvalue weighted by atomic mass is 10.2. The van der Waals surface area contributed by atoms with Gasteiger partial charge in [0, 0.05) is 9.13 Å². The summed E-state index contributed by atoms with van der Waals surface area (Å²) < 4.78 is 6.44. The number of benzene rings is 1. The molecule has 1 aromatic heterocycles. The van der Waals surface area contributed by atoms with Gasteiger partial charge in [0.25, 0.3) is 0 Å². The Balaban J connectivity index is 2.49. The van der Waals surface area contributed by atoms with Crippen LogP contribution in [0.4, 0.5) is 0 Å². The van der Waals surface area contributed by atoms with E-state index >= 15 is 0 Å². The van der Waals surface area contributed by atoms with E-state index in [4.69, 9.17) is 4.42 Å². The van der Waals surface area contributed by atoms with Crippen LogP contribution in [0.5, 0.6) is 0 Å². The first-order chi connectivity index (χ1) is 6.81. The maximum atomic E-state index is 10.4. The number of halogens is 1. The van der Waals surface area contributed by atoms with Crippen LogP contribution in [0.15, 0.2) is 40.8 Å². The minimum Gasteiger partial charge on any atom is -0.453 e. The molecule has 14 heavy (non-hydrogen) atoms. The van der Waals surface area contributed by atoms with Gasteiger partial charge < -0.3 is 4.42 Å². The summed E-state index contributed by atoms with van der Waals surface area (Å²) in [5, 5.41) is 0. The van der Waals surface area contributed by atoms with Crippen LogP contribution in [0.3, 0.4) is 0 Å². The van der Waals surface area contributed by atoms with Crippen molar-refractivity contribution >= 4 is 28.9 Å². The van der Waals surface area contributed by atoms with Crippen LogP contribution in [-0.2, 0) is 0 Å². The molecule has 0 fully saturated rings. The number of rotatable bonds is 2. The molecule has 2 nitrogen and oxygen atoms in total. The van der Waals surface area contributed by atoms with Gasteiger partial charge in [0.1, 0.15) is 5.76 Å². The van der Waals surface area contributed by atoms with Crippen molar-refractivity contribution in [3.8, 4) is 11.3 Å². The van der Waals surface area contributed by atoms with E-state index in [2.05, 4.69) is 22.6 Å². The normalized spacial score (nSPS) is 10.1. The molecule has 0 unspecified atom stereocenters. The minimum absolute atomic E-state index is 0.361. The molecule has 0 saturated carbocycles. The van der Waals surface area contributed by atoms with Crippen molar-refractivity contribution in [2.75, 3.05) is 0 Å². The van der Waals surface area contributed by atoms with Crippen LogP contribution >= 0.6 is 22.6 Å². The van der Waals surface area contributed by atoms with Crippen molar-refractivity contribution in [2.24, 2.45) is 0 Å². The van der Waals surface area contributed by atoms with Crippen molar-refractivity contribution in [3.05, 3.63) is 45.7 Å². The van der Waals surface area contributed by atoms with E-state index in [-0.39, 0.29) is 0 Å². The predicted molar refractivity (Wildman–Crippen MR) is 62.2 cm³/mol. The van der Waals surface area contributed by atoms with Gasteiger partial charge in [-0.2, -0.15) is 0 Å². The fourth-order valence-corrected chi connectivity index (χ4v) is 1.88. The SMILES string of the molecule is O=Cc1ccc(-c2ccccc2I)o1. The Labute approximate surface area is 95.1 Å². The molecule has 3 heteroatoms. The van der Waals surface area contributed by atoms with Crippen molar-refractivity contribution < 1.29 is 9.21 Å². The first-order valence-electron chi connectivity index (χ1n) is 4.11. The molecule has 2 rings (SSSR count). The van der Waals surface area contributed by atoms with Gasteiger partial charge in [-0.25, -0.2) is 0 Å². The van der Waals surface area contributed by atoms with Crippen LogP contribution in [0, 0.1) is 3.57 Å². The van der Waals surface area contributed by atoms with Crippen molar-refractivity contribution in [3.63, 3.8) is 0 Å². The van der Waals surface area contributed by atoms with Gasteiger partial charge in [-0.1, -0.05) is 18.2 Å². The third kappa shape index (κ3) is 1.72. The summed E-state index contributed by atoms with van der Waals surface area (Å²) in [6, 6.07) is 11.4. The highest BCUT2D eigenvalue weighted by Crippen LogP contribution is 2.26. The number of carbonyl (C=O) groups is 1. The number of hydrogen-bond acceptors (Lipinski definition) is 2. The molecule has 0 amide bonds. The summed E-state index contributed by atoms with van der Waals surface area (Å²) in [5.74, 6) is 1.09. The quantitative estimate of drug-likeness (QED) is 0.628. The first-order valence-corrected chi connectivity index (χ1v) is 5.19. The Kier molecular flexibility index (Phi) is 2.67. The van der Waals surface area contributed by atoms with Crippen LogP contribution in [0.25, 0.3) is 11.3 Å². The maximum Gasteiger partial charge on any atom is 0.185 e. The molecule has 0 saturated heterocycles. The number of furan rings is 1. The fraction of sp³-hybridized carbons (Fsp3) is 0. The predicted octanol–water partition coefficient (Wildman–Crippen LogP) is 3.36. The second-order valence-electron chi connectivity index (χ2n) is 2.80. The highest BCUT2D eigenvalue weighted by Gasteiger charge is 2.06. The molecule has 0 aliphatic rings. The molecule has 2 aromatic rings. The smallest absolute Gasteiger partial charge is 0.185 e. The van der Waals surface area contributed by atoms with E-state index in [0.717, 1.165) is 14.9 Å². The molecule has 0 aliphatic carbocycles. The largest absolute Gasteiger partial charge is 0.453 e. The van der Waals surface area contributed by atoms with Gasteiger partial charge in [-0.05, 0) is 40.8 Å². The lowest BCUT2D eigenvalue weighted by molar-refractivity contribution is 0.110. The van der Waals surface area contributed by atoms with Crippen molar-refractivity contribution in [1.29, 1.82) is 0 Å². The number of aldehydes is 1. The second kappa shape index (κ2) is 3.96. The van der Waals surface area contributed by atoms with E-state index in [0.29, 0.717) is 12.0 Å². The number of hydrogen-bond donors (Lipinski definition) is 0. The van der Waals surface area contributed by atoms with E-state index in [1.165, 1.54) is 0 Å². The van der Waals surface area contributed by atoms with Gasteiger partial charge >= 0.3 is 0 Å². The third-order valence-corrected chi connectivity index (χ3v) is 2.82. The molecular formula is C11H7IO2. The first kappa shape index (κ1) is 9.45. The van der Waals surface area contributed by atoms with Crippen LogP contribution in [0.1, 0.15) is 10.6 Å². The number of carbonyl (C=O) groups excluding carboxylic acids is 1. The molecule has 0 N–H and O–H groups in total. The zero-order valence-corrected chi connectivity index (χ0v) is 9.39. The Bertz CT molecular complexity index is 460. The maximum absolute atomic E-state index is 10.4. The lowest BCUT2D eigenvalue weighted by Crippen LogP contribution is -1.78. The monoisotopic (exact) mass is 298 g/mol. The van der Waals surface area contributed by atoms with Gasteiger partial charge in [0.05, 0.1) is 0 Å². The molecule has 1 heterocycles. The fourth-order valence-electron chi connectivity index (χ4n) is 1.22. The zero-order valence-electron chi connectivity index (χ0n) is 7.24. The highest BCUT2D eigenvalue weighted by molar-refractivity contribution is 14.1. The summed E-state index contributed by atoms with van der Waals surface area (Å²) in [7, 11) is 0. The average molecular weight is 298 g/mol. The molecule has 70 valence electrons. The topological polar surface area (TPSA) is 30.2 Å². The van der Waals surface area contributed by atoms with E-state index in [1.807, 2.05) is 24.3 Å². The van der Waals surface area contributed by atoms with Crippen LogP contribution < -0.4 is 0 Å². The third-order valence-electron chi connectivity index (χ3n) is 1.88. The Morgan fingerprint density at radius 1 is 1.14 bits per heavy atom. The minimum atomic E-state index is 0.361. The molecule has 0 bridgehead atoms. The molecular weight excluding hydrogens is 291 g/mol. The average Bonchev–Trinajstić information content (AvgIpc) is 2.67. The molecule has 0 radical (unpaired) electrons. The van der Waals surface area contributed by atoms with Crippen LogP contribution in [0.2, 0.25) is 0 Å². The van der Waals surface area contributed by atoms with Crippen molar-refractivity contribution in [1.82, 2.24) is 0 Å². The van der Waals surface area contributed by atoms with Gasteiger partial charge in [0.2, 0.25) is 0 Å². The summed E-state index contributed by atoms with van der Waals surface area (Å²) in [5.41, 5.74) is 1.02. The second-order valence-corrected chi connectivity index (χ2v) is 3.96. The molecule has 0 atom stereocenters. The van der Waals surface area contributed by atoms with E-state index in [1.54, 1.807) is 12.1 Å². The van der Waals surface area contributed by atoms with Gasteiger partial charge in [-0.15, -0.1) is 0 Å². The lowest BCUT2D eigenvalue weighted by Gasteiger charge is -1.98. The Morgan fingerprint density at radius 3 is 2.57 bits per heavy atom. The standard InChI is InChI=1S/C11H7IO2/c12-10-4-2-1-3-9(10)11-6-5-8(7-13)14-11/h1-7H. The highest BCUT2D eigenvalue weighted by atomic mass is 127. The summed E-state index contributed by atoms with van der Waals surface area (Å²) in [6.07, 6.45) is 0.708. The Hall–Kier alpha value is -1.10. The molecule has 0 spiro atoms. The zero-order chi connectivity index (χ0) is 9.97. The molecule has 0 aliphatic heterocycles. The van der Waals surface area contributed by atoms with Crippen LogP contribution in [-0.4, -0.2) is 6.29 Å². The van der Waals surface area contributed by atoms with Crippen molar-refractivity contribution in [2.45, 2.75) is 0 Å². The van der Waals surface area contributed by atoms with E-state index in [9.17, 15) is 4.79 Å². The van der Waals surface area contributed by atoms with Gasteiger partial charge in [-0.3, -0.25) is 4.79 Å². The summed E-state index contributed by atoms with van der Waals surface area (Å²) in [6.45, 7) is 0. The summed E-state index contributed by atoms with van der Waals surface area (Å²) >= 11 is 2.24. The summed E-state index contributed by atoms with van der Waals surface area (Å²) in [4.78, 5) is 10.4. The Morgan fingerprint density at radius 2 is 1.93 bits per heavy atom. The van der Waals surface area contributed by atoms with E-state index < -0.39 is 0 Å². The molecule has 1 aromatic carbocycles.